The second-order valence-electron chi connectivity index (χ2n) is 11.5. The Kier molecular flexibility index (Phi) is 5.87. The van der Waals surface area contributed by atoms with E-state index in [2.05, 4.69) is 15.6 Å². The summed E-state index contributed by atoms with van der Waals surface area (Å²) in [7, 11) is 1.61. The molecule has 0 saturated heterocycles. The fourth-order valence-corrected chi connectivity index (χ4v) is 7.34. The highest BCUT2D eigenvalue weighted by atomic mass is 16.5. The van der Waals surface area contributed by atoms with Crippen LogP contribution in [0.25, 0.3) is 22.4 Å². The molecule has 1 heterocycles. The van der Waals surface area contributed by atoms with Crippen molar-refractivity contribution >= 4 is 28.5 Å². The number of nitrogens with zero attached hydrogens (tertiary/aromatic N) is 1. The van der Waals surface area contributed by atoms with Crippen LogP contribution in [0, 0.1) is 23.7 Å². The lowest BCUT2D eigenvalue weighted by Gasteiger charge is -2.54. The van der Waals surface area contributed by atoms with Crippen LogP contribution in [0.5, 0.6) is 5.75 Å². The molecule has 8 rings (SSSR count). The number of carbonyl (C=O) groups excluding carboxylic acids is 2. The molecular formula is C32H32N4O3. The third kappa shape index (κ3) is 4.56. The Morgan fingerprint density at radius 1 is 0.821 bits per heavy atom. The van der Waals surface area contributed by atoms with Gasteiger partial charge < -0.3 is 20.4 Å². The summed E-state index contributed by atoms with van der Waals surface area (Å²) in [5.41, 5.74) is 4.41. The fourth-order valence-electron chi connectivity index (χ4n) is 7.34. The van der Waals surface area contributed by atoms with Crippen molar-refractivity contribution in [1.29, 1.82) is 0 Å². The number of nitrogens with one attached hydrogen (secondary N) is 3. The van der Waals surface area contributed by atoms with Crippen molar-refractivity contribution in [3.63, 3.8) is 0 Å². The van der Waals surface area contributed by atoms with Crippen LogP contribution < -0.4 is 15.4 Å². The summed E-state index contributed by atoms with van der Waals surface area (Å²) in [5.74, 6) is 4.32. The van der Waals surface area contributed by atoms with Gasteiger partial charge >= 0.3 is 0 Å². The van der Waals surface area contributed by atoms with Gasteiger partial charge in [-0.15, -0.1) is 0 Å². The highest BCUT2D eigenvalue weighted by Crippen LogP contribution is 2.53. The van der Waals surface area contributed by atoms with Crippen molar-refractivity contribution in [3.05, 3.63) is 77.9 Å². The number of amides is 2. The molecule has 4 saturated carbocycles. The van der Waals surface area contributed by atoms with Gasteiger partial charge in [-0.2, -0.15) is 0 Å². The zero-order valence-corrected chi connectivity index (χ0v) is 21.9. The number of anilines is 1. The van der Waals surface area contributed by atoms with Gasteiger partial charge in [0.15, 0.2) is 0 Å². The highest BCUT2D eigenvalue weighted by Gasteiger charge is 2.48. The smallest absolute Gasteiger partial charge is 0.255 e. The largest absolute Gasteiger partial charge is 0.497 e. The van der Waals surface area contributed by atoms with Crippen LogP contribution in [0.1, 0.15) is 52.8 Å². The number of methoxy groups -OCH3 is 1. The second-order valence-corrected chi connectivity index (χ2v) is 11.5. The molecule has 4 bridgehead atoms. The van der Waals surface area contributed by atoms with E-state index in [9.17, 15) is 9.59 Å². The number of H-pyrrole nitrogens is 1. The van der Waals surface area contributed by atoms with Crippen molar-refractivity contribution in [2.45, 2.75) is 38.1 Å². The number of imidazole rings is 1. The van der Waals surface area contributed by atoms with Gasteiger partial charge in [-0.05, 0) is 110 Å². The lowest BCUT2D eigenvalue weighted by molar-refractivity contribution is -0.0119. The molecule has 0 aliphatic heterocycles. The Hall–Kier alpha value is -4.13. The first-order chi connectivity index (χ1) is 19.0. The molecule has 7 nitrogen and oxygen atoms in total. The van der Waals surface area contributed by atoms with E-state index in [4.69, 9.17) is 9.72 Å². The predicted molar refractivity (Wildman–Crippen MR) is 151 cm³/mol. The summed E-state index contributed by atoms with van der Waals surface area (Å²) in [6.07, 6.45) is 6.53. The SMILES string of the molecule is COc1ccc(NC(=O)c2ccc(-c3nc4ccc(C(=O)NC5C6CC7CC(C6)CC5C7)cc4[nH]3)cc2)cc1. The first-order valence-electron chi connectivity index (χ1n) is 13.9. The quantitative estimate of drug-likeness (QED) is 0.289. The number of aromatic nitrogens is 2. The van der Waals surface area contributed by atoms with E-state index in [1.807, 2.05) is 30.3 Å². The molecule has 3 aromatic carbocycles. The van der Waals surface area contributed by atoms with Crippen LogP contribution in [0.2, 0.25) is 0 Å². The van der Waals surface area contributed by atoms with Gasteiger partial charge in [-0.1, -0.05) is 12.1 Å². The van der Waals surface area contributed by atoms with Gasteiger partial charge in [0.05, 0.1) is 18.1 Å². The zero-order chi connectivity index (χ0) is 26.5. The van der Waals surface area contributed by atoms with Crippen LogP contribution in [0.3, 0.4) is 0 Å². The monoisotopic (exact) mass is 520 g/mol. The molecule has 0 unspecified atom stereocenters. The van der Waals surface area contributed by atoms with Crippen molar-refractivity contribution in [2.24, 2.45) is 23.7 Å². The van der Waals surface area contributed by atoms with Gasteiger partial charge in [-0.3, -0.25) is 9.59 Å². The van der Waals surface area contributed by atoms with Crippen molar-refractivity contribution in [1.82, 2.24) is 15.3 Å². The average molecular weight is 521 g/mol. The summed E-state index contributed by atoms with van der Waals surface area (Å²) in [5, 5.41) is 6.30. The third-order valence-corrected chi connectivity index (χ3v) is 9.04. The number of hydrogen-bond donors (Lipinski definition) is 3. The number of hydrogen-bond acceptors (Lipinski definition) is 4. The molecule has 7 heteroatoms. The van der Waals surface area contributed by atoms with E-state index in [0.717, 1.165) is 34.2 Å². The summed E-state index contributed by atoms with van der Waals surface area (Å²) in [4.78, 5) is 34.0. The number of aromatic amines is 1. The Labute approximate surface area is 227 Å². The van der Waals surface area contributed by atoms with E-state index in [0.29, 0.717) is 40.5 Å². The van der Waals surface area contributed by atoms with Crippen LogP contribution in [-0.2, 0) is 0 Å². The van der Waals surface area contributed by atoms with Crippen LogP contribution in [-0.4, -0.2) is 34.9 Å². The standard InChI is InChI=1S/C32H32N4O3/c1-39-26-9-7-25(8-10-26)33-31(37)21-4-2-20(3-5-21)30-34-27-11-6-22(17-28(27)35-30)32(38)36-29-23-13-18-12-19(15-23)16-24(29)14-18/h2-11,17-19,23-24,29H,12-16H2,1H3,(H,33,37)(H,34,35)(H,36,38). The van der Waals surface area contributed by atoms with Gasteiger partial charge in [0.1, 0.15) is 11.6 Å². The number of benzene rings is 3. The molecule has 4 fully saturated rings. The van der Waals surface area contributed by atoms with E-state index >= 15 is 0 Å². The van der Waals surface area contributed by atoms with E-state index < -0.39 is 0 Å². The Morgan fingerprint density at radius 3 is 2.15 bits per heavy atom. The molecule has 4 aromatic rings. The number of rotatable bonds is 6. The Bertz CT molecular complexity index is 1510. The first kappa shape index (κ1) is 23.9. The minimum atomic E-state index is -0.189. The fraction of sp³-hybridized carbons (Fsp3) is 0.344. The van der Waals surface area contributed by atoms with Crippen molar-refractivity contribution < 1.29 is 14.3 Å². The maximum atomic E-state index is 13.2. The summed E-state index contributed by atoms with van der Waals surface area (Å²) in [6, 6.07) is 20.5. The van der Waals surface area contributed by atoms with Gasteiger partial charge in [0, 0.05) is 28.4 Å². The third-order valence-electron chi connectivity index (χ3n) is 9.04. The van der Waals surface area contributed by atoms with E-state index in [1.54, 1.807) is 43.5 Å². The van der Waals surface area contributed by atoms with Crippen LogP contribution in [0.15, 0.2) is 66.7 Å². The Morgan fingerprint density at radius 2 is 1.49 bits per heavy atom. The molecule has 1 aromatic heterocycles. The lowest BCUT2D eigenvalue weighted by Crippen LogP contribution is -2.55. The van der Waals surface area contributed by atoms with Crippen LogP contribution >= 0.6 is 0 Å². The second kappa shape index (κ2) is 9.56. The normalized spacial score (nSPS) is 25.0. The molecule has 3 N–H and O–H groups in total. The summed E-state index contributed by atoms with van der Waals surface area (Å²) in [6.45, 7) is 0. The first-order valence-corrected chi connectivity index (χ1v) is 13.9. The molecule has 39 heavy (non-hydrogen) atoms. The maximum Gasteiger partial charge on any atom is 0.255 e. The molecular weight excluding hydrogens is 488 g/mol. The summed E-state index contributed by atoms with van der Waals surface area (Å²) < 4.78 is 5.16. The average Bonchev–Trinajstić information content (AvgIpc) is 3.38. The van der Waals surface area contributed by atoms with Gasteiger partial charge in [0.25, 0.3) is 11.8 Å². The Balaban J connectivity index is 1.04. The number of ether oxygens (including phenoxy) is 1. The molecule has 198 valence electrons. The topological polar surface area (TPSA) is 96.1 Å². The summed E-state index contributed by atoms with van der Waals surface area (Å²) >= 11 is 0. The highest BCUT2D eigenvalue weighted by molar-refractivity contribution is 6.04. The molecule has 0 spiro atoms. The van der Waals surface area contributed by atoms with E-state index in [1.165, 1.54) is 32.1 Å². The van der Waals surface area contributed by atoms with Gasteiger partial charge in [0.2, 0.25) is 0 Å². The minimum Gasteiger partial charge on any atom is -0.497 e. The van der Waals surface area contributed by atoms with Crippen molar-refractivity contribution in [3.8, 4) is 17.1 Å². The number of fused-ring (bicyclic) bond motifs is 1. The van der Waals surface area contributed by atoms with Crippen LogP contribution in [0.4, 0.5) is 5.69 Å². The minimum absolute atomic E-state index is 0.0118. The number of carbonyl (C=O) groups is 2. The van der Waals surface area contributed by atoms with Crippen molar-refractivity contribution in [2.75, 3.05) is 12.4 Å². The molecule has 0 radical (unpaired) electrons. The van der Waals surface area contributed by atoms with Gasteiger partial charge in [-0.25, -0.2) is 4.98 Å². The lowest BCUT2D eigenvalue weighted by atomic mass is 9.54. The molecule has 2 amide bonds. The maximum absolute atomic E-state index is 13.2. The predicted octanol–water partition coefficient (Wildman–Crippen LogP) is 6.05. The zero-order valence-electron chi connectivity index (χ0n) is 21.9. The molecule has 4 aliphatic carbocycles. The van der Waals surface area contributed by atoms with E-state index in [-0.39, 0.29) is 11.8 Å². The molecule has 4 aliphatic rings. The molecule has 0 atom stereocenters.